The maximum Gasteiger partial charge on any atom is 0.264 e. The summed E-state index contributed by atoms with van der Waals surface area (Å²) in [5.74, 6) is 0.934. The van der Waals surface area contributed by atoms with Crippen LogP contribution in [0.2, 0.25) is 0 Å². The van der Waals surface area contributed by atoms with Crippen LogP contribution in [0.4, 0.5) is 5.69 Å². The predicted molar refractivity (Wildman–Crippen MR) is 140 cm³/mol. The summed E-state index contributed by atoms with van der Waals surface area (Å²) in [5.41, 5.74) is 1.66. The van der Waals surface area contributed by atoms with Crippen LogP contribution in [0.15, 0.2) is 47.5 Å². The van der Waals surface area contributed by atoms with E-state index >= 15 is 0 Å². The molecule has 1 aliphatic rings. The molecule has 2 aromatic carbocycles. The van der Waals surface area contributed by atoms with Crippen molar-refractivity contribution in [1.82, 2.24) is 9.47 Å². The zero-order valence-corrected chi connectivity index (χ0v) is 22.2. The van der Waals surface area contributed by atoms with E-state index in [1.54, 1.807) is 0 Å². The standard InChI is InChI=1S/C26H35N3O6S/c1-27-12-9-20-17-21(7-8-23(20)27)29(11-6-5-10-28-13-15-35-16-14-28)36(30,31)22-18-24(32-2)26(34-4)25(19-22)33-3/h7-9,12,17-19H,5-6,10-11,13-16H2,1-4H3. The van der Waals surface area contributed by atoms with Crippen LogP contribution in [0, 0.1) is 0 Å². The van der Waals surface area contributed by atoms with Crippen LogP contribution in [0.5, 0.6) is 17.2 Å². The molecule has 196 valence electrons. The average Bonchev–Trinajstić information content (AvgIpc) is 3.27. The zero-order valence-electron chi connectivity index (χ0n) is 21.4. The number of hydrogen-bond acceptors (Lipinski definition) is 7. The molecule has 0 saturated carbocycles. The van der Waals surface area contributed by atoms with Gasteiger partial charge in [0, 0.05) is 55.9 Å². The van der Waals surface area contributed by atoms with E-state index in [1.165, 1.54) is 37.8 Å². The maximum atomic E-state index is 14.0. The average molecular weight is 518 g/mol. The Hall–Kier alpha value is -2.95. The van der Waals surface area contributed by atoms with Gasteiger partial charge in [0.15, 0.2) is 11.5 Å². The molecule has 0 aliphatic carbocycles. The van der Waals surface area contributed by atoms with Gasteiger partial charge in [-0.3, -0.25) is 9.21 Å². The van der Waals surface area contributed by atoms with Gasteiger partial charge < -0.3 is 23.5 Å². The minimum Gasteiger partial charge on any atom is -0.493 e. The Balaban J connectivity index is 1.66. The quantitative estimate of drug-likeness (QED) is 0.360. The fourth-order valence-corrected chi connectivity index (χ4v) is 6.09. The van der Waals surface area contributed by atoms with Gasteiger partial charge in [0.1, 0.15) is 0 Å². The molecule has 1 aromatic heterocycles. The normalized spacial score (nSPS) is 14.7. The highest BCUT2D eigenvalue weighted by Crippen LogP contribution is 2.40. The summed E-state index contributed by atoms with van der Waals surface area (Å²) < 4.78 is 53.2. The molecule has 0 atom stereocenters. The zero-order chi connectivity index (χ0) is 25.7. The molecule has 0 radical (unpaired) electrons. The Morgan fingerprint density at radius 3 is 2.28 bits per heavy atom. The van der Waals surface area contributed by atoms with Gasteiger partial charge in [-0.25, -0.2) is 8.42 Å². The lowest BCUT2D eigenvalue weighted by molar-refractivity contribution is 0.0373. The number of fused-ring (bicyclic) bond motifs is 1. The number of hydrogen-bond donors (Lipinski definition) is 0. The lowest BCUT2D eigenvalue weighted by atomic mass is 10.2. The number of aromatic nitrogens is 1. The maximum absolute atomic E-state index is 14.0. The third kappa shape index (κ3) is 5.40. The van der Waals surface area contributed by atoms with Crippen LogP contribution in [0.1, 0.15) is 12.8 Å². The highest BCUT2D eigenvalue weighted by Gasteiger charge is 2.28. The number of anilines is 1. The first-order valence-electron chi connectivity index (χ1n) is 12.1. The molecule has 0 unspecified atom stereocenters. The van der Waals surface area contributed by atoms with Crippen LogP contribution in [-0.2, 0) is 21.8 Å². The lowest BCUT2D eigenvalue weighted by Crippen LogP contribution is -2.37. The SMILES string of the molecule is COc1cc(S(=O)(=O)N(CCCCN2CCOCC2)c2ccc3c(ccn3C)c2)cc(OC)c1OC. The number of morpholine rings is 1. The summed E-state index contributed by atoms with van der Waals surface area (Å²) in [5, 5.41) is 0.980. The van der Waals surface area contributed by atoms with Crippen molar-refractivity contribution >= 4 is 26.6 Å². The second-order valence-corrected chi connectivity index (χ2v) is 10.6. The van der Waals surface area contributed by atoms with Crippen molar-refractivity contribution < 1.29 is 27.4 Å². The lowest BCUT2D eigenvalue weighted by Gasteiger charge is -2.28. The number of sulfonamides is 1. The van der Waals surface area contributed by atoms with Crippen LogP contribution < -0.4 is 18.5 Å². The third-order valence-corrected chi connectivity index (χ3v) is 8.38. The minimum atomic E-state index is -3.93. The molecule has 0 spiro atoms. The predicted octanol–water partition coefficient (Wildman–Crippen LogP) is 3.51. The Morgan fingerprint density at radius 1 is 0.944 bits per heavy atom. The smallest absolute Gasteiger partial charge is 0.264 e. The van der Waals surface area contributed by atoms with Crippen molar-refractivity contribution in [2.24, 2.45) is 7.05 Å². The first-order chi connectivity index (χ1) is 17.4. The van der Waals surface area contributed by atoms with Crippen LogP contribution in [0.3, 0.4) is 0 Å². The highest BCUT2D eigenvalue weighted by atomic mass is 32.2. The molecule has 0 bridgehead atoms. The molecular weight excluding hydrogens is 482 g/mol. The molecule has 1 aliphatic heterocycles. The van der Waals surface area contributed by atoms with Crippen molar-refractivity contribution in [2.75, 3.05) is 65.0 Å². The third-order valence-electron chi connectivity index (χ3n) is 6.57. The summed E-state index contributed by atoms with van der Waals surface area (Å²) in [4.78, 5) is 2.44. The van der Waals surface area contributed by atoms with E-state index in [0.29, 0.717) is 35.9 Å². The molecular formula is C26H35N3O6S. The molecule has 0 N–H and O–H groups in total. The van der Waals surface area contributed by atoms with E-state index in [0.717, 1.165) is 50.2 Å². The Labute approximate surface area is 213 Å². The van der Waals surface area contributed by atoms with Gasteiger partial charge in [0.05, 0.1) is 45.1 Å². The van der Waals surface area contributed by atoms with E-state index in [4.69, 9.17) is 18.9 Å². The molecule has 1 fully saturated rings. The number of ether oxygens (including phenoxy) is 4. The molecule has 2 heterocycles. The molecule has 3 aromatic rings. The molecule has 4 rings (SSSR count). The van der Waals surface area contributed by atoms with Crippen molar-refractivity contribution in [3.63, 3.8) is 0 Å². The van der Waals surface area contributed by atoms with Crippen LogP contribution >= 0.6 is 0 Å². The van der Waals surface area contributed by atoms with E-state index in [2.05, 4.69) is 4.90 Å². The number of nitrogens with zero attached hydrogens (tertiary/aromatic N) is 3. The van der Waals surface area contributed by atoms with E-state index in [1.807, 2.05) is 42.1 Å². The van der Waals surface area contributed by atoms with Crippen molar-refractivity contribution in [1.29, 1.82) is 0 Å². The summed E-state index contributed by atoms with van der Waals surface area (Å²) in [6.07, 6.45) is 3.57. The second-order valence-electron chi connectivity index (χ2n) is 8.77. The first-order valence-corrected chi connectivity index (χ1v) is 13.5. The van der Waals surface area contributed by atoms with Gasteiger partial charge in [0.25, 0.3) is 10.0 Å². The molecule has 36 heavy (non-hydrogen) atoms. The fraction of sp³-hybridized carbons (Fsp3) is 0.462. The first kappa shape index (κ1) is 26.1. The fourth-order valence-electron chi connectivity index (χ4n) is 4.56. The van der Waals surface area contributed by atoms with E-state index in [9.17, 15) is 8.42 Å². The summed E-state index contributed by atoms with van der Waals surface area (Å²) in [6.45, 7) is 4.59. The molecule has 1 saturated heterocycles. The monoisotopic (exact) mass is 517 g/mol. The number of aryl methyl sites for hydroxylation is 1. The second kappa shape index (κ2) is 11.4. The molecule has 0 amide bonds. The molecule has 10 heteroatoms. The van der Waals surface area contributed by atoms with Crippen molar-refractivity contribution in [3.05, 3.63) is 42.6 Å². The summed E-state index contributed by atoms with van der Waals surface area (Å²) in [6, 6.07) is 10.7. The Kier molecular flexibility index (Phi) is 8.28. The van der Waals surface area contributed by atoms with E-state index in [-0.39, 0.29) is 4.90 Å². The van der Waals surface area contributed by atoms with Gasteiger partial charge >= 0.3 is 0 Å². The van der Waals surface area contributed by atoms with Crippen molar-refractivity contribution in [3.8, 4) is 17.2 Å². The number of unbranched alkanes of at least 4 members (excludes halogenated alkanes) is 1. The number of methoxy groups -OCH3 is 3. The van der Waals surface area contributed by atoms with E-state index < -0.39 is 10.0 Å². The van der Waals surface area contributed by atoms with Crippen LogP contribution in [0.25, 0.3) is 10.9 Å². The van der Waals surface area contributed by atoms with Crippen LogP contribution in [-0.4, -0.2) is 78.6 Å². The van der Waals surface area contributed by atoms with Gasteiger partial charge in [-0.05, 0) is 43.7 Å². The molecule has 9 nitrogen and oxygen atoms in total. The summed E-state index contributed by atoms with van der Waals surface area (Å²) in [7, 11) is 2.47. The van der Waals surface area contributed by atoms with Crippen molar-refractivity contribution in [2.45, 2.75) is 17.7 Å². The number of benzene rings is 2. The van der Waals surface area contributed by atoms with Gasteiger partial charge in [-0.2, -0.15) is 0 Å². The van der Waals surface area contributed by atoms with Gasteiger partial charge in [-0.1, -0.05) is 0 Å². The minimum absolute atomic E-state index is 0.0818. The Bertz CT molecular complexity index is 1260. The van der Waals surface area contributed by atoms with Gasteiger partial charge in [0.2, 0.25) is 5.75 Å². The topological polar surface area (TPSA) is 82.5 Å². The van der Waals surface area contributed by atoms with Gasteiger partial charge in [-0.15, -0.1) is 0 Å². The summed E-state index contributed by atoms with van der Waals surface area (Å²) >= 11 is 0. The largest absolute Gasteiger partial charge is 0.493 e. The highest BCUT2D eigenvalue weighted by molar-refractivity contribution is 7.92. The Morgan fingerprint density at radius 2 is 1.64 bits per heavy atom. The number of rotatable bonds is 11.